The first-order valence-corrected chi connectivity index (χ1v) is 8.95. The van der Waals surface area contributed by atoms with Gasteiger partial charge in [0, 0.05) is 32.1 Å². The lowest BCUT2D eigenvalue weighted by atomic mass is 10.2. The summed E-state index contributed by atoms with van der Waals surface area (Å²) in [7, 11) is 0. The Bertz CT molecular complexity index is 735. The molecule has 2 aliphatic rings. The second-order valence-electron chi connectivity index (χ2n) is 6.26. The van der Waals surface area contributed by atoms with Gasteiger partial charge in [0.25, 0.3) is 0 Å². The highest BCUT2D eigenvalue weighted by Gasteiger charge is 2.18. The standard InChI is InChI=1S/C17H21ClN4O3.ClH/c18-15-6-12(7-16-17(15)25-4-1-3-24-16)10-22-11-13(20-21-22)8-14-9-19-2-5-23-14;/h6-7,11,14,19H,1-5,8-10H2;1H. The Morgan fingerprint density at radius 2 is 2.12 bits per heavy atom. The van der Waals surface area contributed by atoms with E-state index >= 15 is 0 Å². The van der Waals surface area contributed by atoms with Crippen LogP contribution in [0.2, 0.25) is 5.02 Å². The first-order valence-electron chi connectivity index (χ1n) is 8.57. The normalized spacial score (nSPS) is 19.5. The Morgan fingerprint density at radius 3 is 2.96 bits per heavy atom. The van der Waals surface area contributed by atoms with E-state index in [0.717, 1.165) is 43.8 Å². The van der Waals surface area contributed by atoms with Gasteiger partial charge in [-0.1, -0.05) is 16.8 Å². The minimum Gasteiger partial charge on any atom is -0.489 e. The van der Waals surface area contributed by atoms with E-state index in [4.69, 9.17) is 25.8 Å². The smallest absolute Gasteiger partial charge is 0.179 e. The van der Waals surface area contributed by atoms with Crippen molar-refractivity contribution in [2.24, 2.45) is 0 Å². The van der Waals surface area contributed by atoms with Gasteiger partial charge in [0.05, 0.1) is 43.2 Å². The number of halogens is 2. The summed E-state index contributed by atoms with van der Waals surface area (Å²) in [6, 6.07) is 3.85. The molecule has 4 rings (SSSR count). The lowest BCUT2D eigenvalue weighted by Crippen LogP contribution is -2.39. The van der Waals surface area contributed by atoms with Gasteiger partial charge in [0.1, 0.15) is 0 Å². The first-order chi connectivity index (χ1) is 12.3. The number of benzene rings is 1. The average molecular weight is 401 g/mol. The summed E-state index contributed by atoms with van der Waals surface area (Å²) in [6.45, 7) is 4.34. The van der Waals surface area contributed by atoms with Gasteiger partial charge in [-0.3, -0.25) is 0 Å². The van der Waals surface area contributed by atoms with E-state index in [1.807, 2.05) is 18.3 Å². The molecule has 1 atom stereocenters. The van der Waals surface area contributed by atoms with Crippen molar-refractivity contribution >= 4 is 24.0 Å². The molecule has 9 heteroatoms. The average Bonchev–Trinajstić information content (AvgIpc) is 2.90. The summed E-state index contributed by atoms with van der Waals surface area (Å²) in [5.41, 5.74) is 1.93. The summed E-state index contributed by atoms with van der Waals surface area (Å²) in [5, 5.41) is 12.3. The molecule has 26 heavy (non-hydrogen) atoms. The number of nitrogens with one attached hydrogen (secondary N) is 1. The van der Waals surface area contributed by atoms with E-state index in [-0.39, 0.29) is 18.5 Å². The third-order valence-electron chi connectivity index (χ3n) is 4.23. The maximum absolute atomic E-state index is 6.35. The molecule has 0 bridgehead atoms. The Balaban J connectivity index is 0.00000196. The van der Waals surface area contributed by atoms with E-state index in [2.05, 4.69) is 15.6 Å². The van der Waals surface area contributed by atoms with Crippen LogP contribution in [0.15, 0.2) is 18.3 Å². The largest absolute Gasteiger partial charge is 0.489 e. The topological polar surface area (TPSA) is 70.4 Å². The molecule has 3 heterocycles. The van der Waals surface area contributed by atoms with Gasteiger partial charge >= 0.3 is 0 Å². The number of fused-ring (bicyclic) bond motifs is 1. The monoisotopic (exact) mass is 400 g/mol. The lowest BCUT2D eigenvalue weighted by molar-refractivity contribution is 0.0286. The number of nitrogens with zero attached hydrogens (tertiary/aromatic N) is 3. The van der Waals surface area contributed by atoms with Crippen LogP contribution in [-0.4, -0.2) is 54.0 Å². The van der Waals surface area contributed by atoms with E-state index in [1.165, 1.54) is 0 Å². The molecule has 0 spiro atoms. The summed E-state index contributed by atoms with van der Waals surface area (Å²) in [4.78, 5) is 0. The minimum absolute atomic E-state index is 0. The fraction of sp³-hybridized carbons (Fsp3) is 0.529. The fourth-order valence-electron chi connectivity index (χ4n) is 3.06. The molecule has 142 valence electrons. The molecule has 0 saturated carbocycles. The van der Waals surface area contributed by atoms with E-state index in [0.29, 0.717) is 36.3 Å². The summed E-state index contributed by atoms with van der Waals surface area (Å²) in [5.74, 6) is 1.33. The zero-order valence-electron chi connectivity index (χ0n) is 14.3. The highest BCUT2D eigenvalue weighted by Crippen LogP contribution is 2.38. The molecule has 1 aromatic heterocycles. The Labute approximate surface area is 163 Å². The van der Waals surface area contributed by atoms with Gasteiger partial charge in [-0.05, 0) is 17.7 Å². The third-order valence-corrected chi connectivity index (χ3v) is 4.51. The molecular weight excluding hydrogens is 379 g/mol. The molecule has 0 aliphatic carbocycles. The van der Waals surface area contributed by atoms with Crippen LogP contribution in [0, 0.1) is 0 Å². The van der Waals surface area contributed by atoms with Gasteiger partial charge in [-0.2, -0.15) is 0 Å². The minimum atomic E-state index is 0. The van der Waals surface area contributed by atoms with Crippen molar-refractivity contribution in [1.29, 1.82) is 0 Å². The number of ether oxygens (including phenoxy) is 3. The zero-order valence-corrected chi connectivity index (χ0v) is 15.9. The molecule has 2 aliphatic heterocycles. The molecule has 1 fully saturated rings. The number of rotatable bonds is 4. The second kappa shape index (κ2) is 8.90. The Morgan fingerprint density at radius 1 is 1.23 bits per heavy atom. The van der Waals surface area contributed by atoms with Crippen molar-refractivity contribution in [2.75, 3.05) is 32.9 Å². The number of hydrogen-bond donors (Lipinski definition) is 1. The van der Waals surface area contributed by atoms with Crippen molar-refractivity contribution in [3.8, 4) is 11.5 Å². The van der Waals surface area contributed by atoms with Crippen LogP contribution in [0.5, 0.6) is 11.5 Å². The van der Waals surface area contributed by atoms with Crippen LogP contribution in [0.1, 0.15) is 17.7 Å². The highest BCUT2D eigenvalue weighted by atomic mass is 35.5. The Hall–Kier alpha value is -1.54. The highest BCUT2D eigenvalue weighted by molar-refractivity contribution is 6.32. The molecule has 1 saturated heterocycles. The molecule has 1 unspecified atom stereocenters. The van der Waals surface area contributed by atoms with Gasteiger partial charge < -0.3 is 19.5 Å². The Kier molecular flexibility index (Phi) is 6.58. The predicted octanol–water partition coefficient (Wildman–Crippen LogP) is 2.09. The maximum Gasteiger partial charge on any atom is 0.179 e. The van der Waals surface area contributed by atoms with Crippen LogP contribution in [0.3, 0.4) is 0 Å². The fourth-order valence-corrected chi connectivity index (χ4v) is 3.34. The van der Waals surface area contributed by atoms with Crippen molar-refractivity contribution in [3.63, 3.8) is 0 Å². The van der Waals surface area contributed by atoms with Crippen molar-refractivity contribution in [1.82, 2.24) is 20.3 Å². The molecular formula is C17H22Cl2N4O3. The van der Waals surface area contributed by atoms with Crippen LogP contribution in [0.4, 0.5) is 0 Å². The van der Waals surface area contributed by atoms with E-state index < -0.39 is 0 Å². The van der Waals surface area contributed by atoms with Crippen molar-refractivity contribution in [2.45, 2.75) is 25.5 Å². The molecule has 7 nitrogen and oxygen atoms in total. The van der Waals surface area contributed by atoms with E-state index in [9.17, 15) is 0 Å². The van der Waals surface area contributed by atoms with Crippen LogP contribution in [-0.2, 0) is 17.7 Å². The predicted molar refractivity (Wildman–Crippen MR) is 99.7 cm³/mol. The SMILES string of the molecule is Cl.Clc1cc(Cn2cc(CC3CNCCO3)nn2)cc2c1OCCCO2. The molecule has 1 N–H and O–H groups in total. The van der Waals surface area contributed by atoms with E-state index in [1.54, 1.807) is 4.68 Å². The number of morpholine rings is 1. The molecule has 1 aromatic carbocycles. The van der Waals surface area contributed by atoms with Gasteiger partial charge in [-0.25, -0.2) is 4.68 Å². The van der Waals surface area contributed by atoms with Gasteiger partial charge in [0.15, 0.2) is 11.5 Å². The summed E-state index contributed by atoms with van der Waals surface area (Å²) < 4.78 is 18.9. The first kappa shape index (κ1) is 19.2. The summed E-state index contributed by atoms with van der Waals surface area (Å²) >= 11 is 6.35. The number of aromatic nitrogens is 3. The van der Waals surface area contributed by atoms with Crippen molar-refractivity contribution < 1.29 is 14.2 Å². The summed E-state index contributed by atoms with van der Waals surface area (Å²) in [6.07, 6.45) is 3.72. The van der Waals surface area contributed by atoms with Crippen LogP contribution < -0.4 is 14.8 Å². The van der Waals surface area contributed by atoms with Gasteiger partial charge in [-0.15, -0.1) is 17.5 Å². The quantitative estimate of drug-likeness (QED) is 0.846. The van der Waals surface area contributed by atoms with Crippen LogP contribution >= 0.6 is 24.0 Å². The molecule has 0 amide bonds. The van der Waals surface area contributed by atoms with Crippen molar-refractivity contribution in [3.05, 3.63) is 34.6 Å². The second-order valence-corrected chi connectivity index (χ2v) is 6.67. The van der Waals surface area contributed by atoms with Crippen LogP contribution in [0.25, 0.3) is 0 Å². The molecule has 0 radical (unpaired) electrons. The zero-order chi connectivity index (χ0) is 17.1. The van der Waals surface area contributed by atoms with Gasteiger partial charge in [0.2, 0.25) is 0 Å². The number of hydrogen-bond acceptors (Lipinski definition) is 6. The third kappa shape index (κ3) is 4.59. The maximum atomic E-state index is 6.35. The lowest BCUT2D eigenvalue weighted by Gasteiger charge is -2.22. The molecule has 2 aromatic rings.